The summed E-state index contributed by atoms with van der Waals surface area (Å²) in [6.45, 7) is 1.32. The second-order valence-corrected chi connectivity index (χ2v) is 3.15. The van der Waals surface area contributed by atoms with Crippen molar-refractivity contribution in [2.45, 2.75) is 6.92 Å². The molecule has 0 aliphatic heterocycles. The molecule has 6 heteroatoms. The van der Waals surface area contributed by atoms with Gasteiger partial charge in [0.15, 0.2) is 0 Å². The molecule has 4 nitrogen and oxygen atoms in total. The Morgan fingerprint density at radius 2 is 2.00 bits per heavy atom. The van der Waals surface area contributed by atoms with E-state index in [2.05, 4.69) is 4.18 Å². The quantitative estimate of drug-likeness (QED) is 0.440. The van der Waals surface area contributed by atoms with E-state index < -0.39 is 10.1 Å². The largest absolute Gasteiger partial charge is 0.395 e. The van der Waals surface area contributed by atoms with Crippen LogP contribution in [0.4, 0.5) is 0 Å². The van der Waals surface area contributed by atoms with Crippen LogP contribution in [-0.4, -0.2) is 62.0 Å². The summed E-state index contributed by atoms with van der Waals surface area (Å²) in [5.74, 6) is -0.319. The first-order chi connectivity index (χ1) is 4.12. The Bertz CT molecular complexity index is 141. The van der Waals surface area contributed by atoms with Crippen molar-refractivity contribution >= 4 is 39.7 Å². The molecule has 0 aromatic heterocycles. The van der Waals surface area contributed by atoms with Gasteiger partial charge in [0.2, 0.25) is 0 Å². The van der Waals surface area contributed by atoms with Crippen molar-refractivity contribution in [3.05, 3.63) is 0 Å². The minimum absolute atomic E-state index is 0. The van der Waals surface area contributed by atoms with Crippen LogP contribution in [0.3, 0.4) is 0 Å². The normalized spacial score (nSPS) is 10.6. The van der Waals surface area contributed by atoms with E-state index in [-0.39, 0.29) is 48.5 Å². The summed E-state index contributed by atoms with van der Waals surface area (Å²) in [5, 5.41) is 8.17. The molecule has 0 unspecified atom stereocenters. The third kappa shape index (κ3) is 6.98. The van der Waals surface area contributed by atoms with Crippen molar-refractivity contribution in [1.29, 1.82) is 0 Å². The molecule has 1 radical (unpaired) electrons. The molecule has 0 amide bonds. The summed E-state index contributed by atoms with van der Waals surface area (Å²) < 4.78 is 25.2. The predicted molar refractivity (Wildman–Crippen MR) is 38.3 cm³/mol. The van der Waals surface area contributed by atoms with Gasteiger partial charge >= 0.3 is 0 Å². The number of rotatable bonds is 4. The van der Waals surface area contributed by atoms with Crippen LogP contribution in [0.1, 0.15) is 6.92 Å². The van der Waals surface area contributed by atoms with Crippen molar-refractivity contribution in [2.24, 2.45) is 0 Å². The zero-order chi connectivity index (χ0) is 7.33. The zero-order valence-electron chi connectivity index (χ0n) is 6.20. The van der Waals surface area contributed by atoms with Gasteiger partial charge in [-0.3, -0.25) is 4.18 Å². The van der Waals surface area contributed by atoms with Crippen LogP contribution in [0.25, 0.3) is 0 Å². The van der Waals surface area contributed by atoms with Crippen LogP contribution < -0.4 is 0 Å². The third-order valence-corrected chi connectivity index (χ3v) is 1.92. The number of aliphatic hydroxyl groups is 1. The standard InChI is InChI=1S/C4H10O4S.Na/c1-2-8-9(6,7)4-3-5;/h5H,2-4H2,1H3;. The van der Waals surface area contributed by atoms with E-state index in [0.29, 0.717) is 0 Å². The fourth-order valence-corrected chi connectivity index (χ4v) is 1.05. The molecule has 0 heterocycles. The average Bonchev–Trinajstić information content (AvgIpc) is 1.64. The van der Waals surface area contributed by atoms with Gasteiger partial charge in [-0.05, 0) is 6.92 Å². The maximum absolute atomic E-state index is 10.4. The van der Waals surface area contributed by atoms with Gasteiger partial charge in [0, 0.05) is 29.6 Å². The van der Waals surface area contributed by atoms with E-state index in [1.165, 1.54) is 0 Å². The Morgan fingerprint density at radius 1 is 1.50 bits per heavy atom. The van der Waals surface area contributed by atoms with Gasteiger partial charge in [0.25, 0.3) is 10.1 Å². The van der Waals surface area contributed by atoms with Crippen molar-refractivity contribution in [1.82, 2.24) is 0 Å². The van der Waals surface area contributed by atoms with Gasteiger partial charge in [-0.25, -0.2) is 0 Å². The van der Waals surface area contributed by atoms with Gasteiger partial charge in [0.1, 0.15) is 0 Å². The third-order valence-electron chi connectivity index (χ3n) is 0.639. The monoisotopic (exact) mass is 177 g/mol. The minimum atomic E-state index is -3.43. The molecule has 0 rings (SSSR count). The van der Waals surface area contributed by atoms with Crippen molar-refractivity contribution in [2.75, 3.05) is 19.0 Å². The first-order valence-corrected chi connectivity index (χ1v) is 4.18. The summed E-state index contributed by atoms with van der Waals surface area (Å²) >= 11 is 0. The Kier molecular flexibility index (Phi) is 8.85. The molecule has 57 valence electrons. The number of hydrogen-bond acceptors (Lipinski definition) is 4. The molecule has 0 aromatic carbocycles. The van der Waals surface area contributed by atoms with E-state index in [1.54, 1.807) is 6.92 Å². The summed E-state index contributed by atoms with van der Waals surface area (Å²) in [5.41, 5.74) is 0. The maximum atomic E-state index is 10.4. The molecular formula is C4H10NaO4S. The molecule has 0 spiro atoms. The van der Waals surface area contributed by atoms with Gasteiger partial charge in [-0.2, -0.15) is 8.42 Å². The molecule has 0 saturated carbocycles. The van der Waals surface area contributed by atoms with Gasteiger partial charge in [0.05, 0.1) is 19.0 Å². The first kappa shape index (κ1) is 13.5. The van der Waals surface area contributed by atoms with Crippen LogP contribution in [0.15, 0.2) is 0 Å². The van der Waals surface area contributed by atoms with Crippen molar-refractivity contribution in [3.63, 3.8) is 0 Å². The molecule has 1 N–H and O–H groups in total. The van der Waals surface area contributed by atoms with Crippen LogP contribution in [0.2, 0.25) is 0 Å². The van der Waals surface area contributed by atoms with Crippen molar-refractivity contribution in [3.8, 4) is 0 Å². The summed E-state index contributed by atoms with van der Waals surface area (Å²) in [6.07, 6.45) is 0. The van der Waals surface area contributed by atoms with Gasteiger partial charge in [-0.1, -0.05) is 0 Å². The van der Waals surface area contributed by atoms with E-state index in [4.69, 9.17) is 5.11 Å². The molecular weight excluding hydrogens is 167 g/mol. The molecule has 0 aliphatic rings. The summed E-state index contributed by atoms with van der Waals surface area (Å²) in [6, 6.07) is 0. The van der Waals surface area contributed by atoms with Crippen LogP contribution in [0, 0.1) is 0 Å². The molecule has 10 heavy (non-hydrogen) atoms. The molecule has 0 saturated heterocycles. The van der Waals surface area contributed by atoms with Crippen LogP contribution >= 0.6 is 0 Å². The second-order valence-electron chi connectivity index (χ2n) is 1.39. The molecule has 0 atom stereocenters. The Morgan fingerprint density at radius 3 is 2.30 bits per heavy atom. The average molecular weight is 177 g/mol. The molecule has 0 aliphatic carbocycles. The maximum Gasteiger partial charge on any atom is 0.269 e. The summed E-state index contributed by atoms with van der Waals surface area (Å²) in [7, 11) is -3.43. The van der Waals surface area contributed by atoms with Crippen molar-refractivity contribution < 1.29 is 17.7 Å². The molecule has 0 bridgehead atoms. The van der Waals surface area contributed by atoms with Gasteiger partial charge in [-0.15, -0.1) is 0 Å². The van der Waals surface area contributed by atoms with Crippen LogP contribution in [-0.2, 0) is 14.3 Å². The molecule has 0 fully saturated rings. The van der Waals surface area contributed by atoms with E-state index in [9.17, 15) is 8.42 Å². The van der Waals surface area contributed by atoms with E-state index in [1.807, 2.05) is 0 Å². The SMILES string of the molecule is CCOS(=O)(=O)CCO.[Na]. The Hall–Kier alpha value is 0.870. The minimum Gasteiger partial charge on any atom is -0.395 e. The zero-order valence-corrected chi connectivity index (χ0v) is 9.02. The number of hydrogen-bond donors (Lipinski definition) is 1. The smallest absolute Gasteiger partial charge is 0.269 e. The summed E-state index contributed by atoms with van der Waals surface area (Å²) in [4.78, 5) is 0. The topological polar surface area (TPSA) is 63.6 Å². The number of aliphatic hydroxyl groups excluding tert-OH is 1. The van der Waals surface area contributed by atoms with E-state index in [0.717, 1.165) is 0 Å². The fraction of sp³-hybridized carbons (Fsp3) is 1.00. The van der Waals surface area contributed by atoms with Gasteiger partial charge < -0.3 is 5.11 Å². The Balaban J connectivity index is 0. The molecule has 0 aromatic rings. The second kappa shape index (κ2) is 6.57. The Labute approximate surface area is 83.0 Å². The van der Waals surface area contributed by atoms with Crippen LogP contribution in [0.5, 0.6) is 0 Å². The fourth-order valence-electron chi connectivity index (χ4n) is 0.350. The first-order valence-electron chi connectivity index (χ1n) is 2.60. The predicted octanol–water partition coefficient (Wildman–Crippen LogP) is -1.04. The van der Waals surface area contributed by atoms with E-state index >= 15 is 0 Å².